The molecular weight excluding hydrogens is 555 g/mol. The first kappa shape index (κ1) is 27.5. The summed E-state index contributed by atoms with van der Waals surface area (Å²) in [5, 5.41) is 0. The number of benzene rings is 3. The molecule has 212 valence electrons. The summed E-state index contributed by atoms with van der Waals surface area (Å²) in [7, 11) is 2.96. The van der Waals surface area contributed by atoms with Gasteiger partial charge in [0.05, 0.1) is 51.7 Å². The van der Waals surface area contributed by atoms with E-state index in [1.807, 2.05) is 46.5 Å². The summed E-state index contributed by atoms with van der Waals surface area (Å²) < 4.78 is 34.7. The molecule has 10 heteroatoms. The predicted molar refractivity (Wildman–Crippen MR) is 159 cm³/mol. The standard InChI is InChI=1S/C32H27FN4O4S/c1-39-14-13-37-27-16-22(32(38)40-2)11-12-26(27)35-29(37)17-20-9-10-21(15-24(20)33)25-6-4-8-30(36-25)41-18-23-5-3-7-28-31(23)34-19-42-28/h3-12,15-16,19H,13-14,17-18H2,1-2H3. The smallest absolute Gasteiger partial charge is 0.337 e. The molecular formula is C32H27FN4O4S. The fourth-order valence-corrected chi connectivity index (χ4v) is 5.60. The normalized spacial score (nSPS) is 11.3. The third-order valence-corrected chi connectivity index (χ3v) is 7.80. The molecule has 0 aliphatic carbocycles. The van der Waals surface area contributed by atoms with Crippen LogP contribution in [0.2, 0.25) is 0 Å². The monoisotopic (exact) mass is 582 g/mol. The Bertz CT molecular complexity index is 1900. The lowest BCUT2D eigenvalue weighted by Gasteiger charge is -2.11. The van der Waals surface area contributed by atoms with Crippen LogP contribution in [-0.4, -0.2) is 46.3 Å². The van der Waals surface area contributed by atoms with Crippen LogP contribution in [0.1, 0.15) is 27.3 Å². The molecule has 0 spiro atoms. The van der Waals surface area contributed by atoms with Crippen molar-refractivity contribution in [1.29, 1.82) is 0 Å². The van der Waals surface area contributed by atoms with Crippen molar-refractivity contribution < 1.29 is 23.4 Å². The van der Waals surface area contributed by atoms with Crippen LogP contribution in [0.25, 0.3) is 32.5 Å². The molecule has 6 rings (SSSR count). The van der Waals surface area contributed by atoms with Crippen LogP contribution in [0.3, 0.4) is 0 Å². The molecule has 0 saturated heterocycles. The summed E-state index contributed by atoms with van der Waals surface area (Å²) in [6.45, 7) is 1.27. The molecule has 6 aromatic rings. The third kappa shape index (κ3) is 5.59. The number of nitrogens with zero attached hydrogens (tertiary/aromatic N) is 4. The van der Waals surface area contributed by atoms with Crippen LogP contribution in [0.15, 0.2) is 78.3 Å². The molecule has 0 saturated carbocycles. The Balaban J connectivity index is 1.23. The van der Waals surface area contributed by atoms with E-state index < -0.39 is 5.97 Å². The Morgan fingerprint density at radius 1 is 0.976 bits per heavy atom. The van der Waals surface area contributed by atoms with E-state index in [0.717, 1.165) is 21.3 Å². The van der Waals surface area contributed by atoms with Crippen LogP contribution < -0.4 is 4.74 Å². The van der Waals surface area contributed by atoms with Crippen LogP contribution in [0.5, 0.6) is 5.88 Å². The number of hydrogen-bond acceptors (Lipinski definition) is 8. The van der Waals surface area contributed by atoms with E-state index in [4.69, 9.17) is 19.2 Å². The average molecular weight is 583 g/mol. The molecule has 0 unspecified atom stereocenters. The summed E-state index contributed by atoms with van der Waals surface area (Å²) in [6, 6.07) is 21.7. The zero-order valence-corrected chi connectivity index (χ0v) is 23.9. The van der Waals surface area contributed by atoms with Gasteiger partial charge in [-0.1, -0.05) is 30.3 Å². The van der Waals surface area contributed by atoms with E-state index in [9.17, 15) is 4.79 Å². The number of aromatic nitrogens is 4. The van der Waals surface area contributed by atoms with Gasteiger partial charge in [0.1, 0.15) is 18.2 Å². The van der Waals surface area contributed by atoms with E-state index in [0.29, 0.717) is 59.4 Å². The Morgan fingerprint density at radius 2 is 1.86 bits per heavy atom. The molecule has 0 atom stereocenters. The number of halogens is 1. The lowest BCUT2D eigenvalue weighted by atomic mass is 10.1. The summed E-state index contributed by atoms with van der Waals surface area (Å²) in [5.41, 5.74) is 7.35. The topological polar surface area (TPSA) is 88.4 Å². The van der Waals surface area contributed by atoms with Crippen LogP contribution in [0.4, 0.5) is 4.39 Å². The number of esters is 1. The van der Waals surface area contributed by atoms with Crippen molar-refractivity contribution in [2.75, 3.05) is 20.8 Å². The Morgan fingerprint density at radius 3 is 2.69 bits per heavy atom. The number of pyridine rings is 1. The van der Waals surface area contributed by atoms with Gasteiger partial charge in [-0.25, -0.2) is 24.1 Å². The van der Waals surface area contributed by atoms with Crippen molar-refractivity contribution in [2.24, 2.45) is 0 Å². The van der Waals surface area contributed by atoms with Gasteiger partial charge in [-0.3, -0.25) is 0 Å². The molecule has 42 heavy (non-hydrogen) atoms. The van der Waals surface area contributed by atoms with Gasteiger partial charge >= 0.3 is 5.97 Å². The minimum atomic E-state index is -0.431. The fraction of sp³-hybridized carbons (Fsp3) is 0.188. The highest BCUT2D eigenvalue weighted by molar-refractivity contribution is 7.16. The summed E-state index contributed by atoms with van der Waals surface area (Å²) in [5.74, 6) is 0.317. The molecule has 0 aliphatic heterocycles. The number of thiazole rings is 1. The molecule has 3 aromatic heterocycles. The summed E-state index contributed by atoms with van der Waals surface area (Å²) in [4.78, 5) is 25.9. The molecule has 0 aliphatic rings. The SMILES string of the molecule is COCCn1c(Cc2ccc(-c3cccc(OCc4cccc5scnc45)n3)cc2F)nc2ccc(C(=O)OC)cc21. The molecule has 0 fully saturated rings. The minimum absolute atomic E-state index is 0.261. The van der Waals surface area contributed by atoms with Crippen molar-refractivity contribution in [1.82, 2.24) is 19.5 Å². The number of carbonyl (C=O) groups is 1. The van der Waals surface area contributed by atoms with Crippen LogP contribution in [-0.2, 0) is 29.0 Å². The maximum absolute atomic E-state index is 15.5. The van der Waals surface area contributed by atoms with Gasteiger partial charge in [0.15, 0.2) is 0 Å². The first-order valence-electron chi connectivity index (χ1n) is 13.3. The molecule has 3 aromatic carbocycles. The number of ether oxygens (including phenoxy) is 3. The van der Waals surface area contributed by atoms with Crippen molar-refractivity contribution in [2.45, 2.75) is 19.6 Å². The van der Waals surface area contributed by atoms with Crippen molar-refractivity contribution in [3.8, 4) is 17.1 Å². The quantitative estimate of drug-likeness (QED) is 0.172. The highest BCUT2D eigenvalue weighted by Gasteiger charge is 2.17. The predicted octanol–water partition coefficient (Wildman–Crippen LogP) is 6.45. The molecule has 0 radical (unpaired) electrons. The van der Waals surface area contributed by atoms with Gasteiger partial charge in [-0.05, 0) is 42.0 Å². The Kier molecular flexibility index (Phi) is 7.89. The van der Waals surface area contributed by atoms with E-state index in [-0.39, 0.29) is 12.2 Å². The third-order valence-electron chi connectivity index (χ3n) is 7.01. The molecule has 8 nitrogen and oxygen atoms in total. The Hall–Kier alpha value is -4.67. The van der Waals surface area contributed by atoms with E-state index >= 15 is 4.39 Å². The van der Waals surface area contributed by atoms with Crippen molar-refractivity contribution >= 4 is 38.6 Å². The number of imidazole rings is 1. The highest BCUT2D eigenvalue weighted by Crippen LogP contribution is 2.27. The van der Waals surface area contributed by atoms with Gasteiger partial charge < -0.3 is 18.8 Å². The Labute approximate surface area is 245 Å². The largest absolute Gasteiger partial charge is 0.473 e. The second-order valence-corrected chi connectivity index (χ2v) is 10.5. The second-order valence-electron chi connectivity index (χ2n) is 9.62. The van der Waals surface area contributed by atoms with Gasteiger partial charge in [0, 0.05) is 37.3 Å². The summed E-state index contributed by atoms with van der Waals surface area (Å²) in [6.07, 6.45) is 0.261. The van der Waals surface area contributed by atoms with E-state index in [1.165, 1.54) is 13.2 Å². The van der Waals surface area contributed by atoms with Crippen molar-refractivity contribution in [3.05, 3.63) is 107 Å². The lowest BCUT2D eigenvalue weighted by Crippen LogP contribution is -2.10. The highest BCUT2D eigenvalue weighted by atomic mass is 32.1. The van der Waals surface area contributed by atoms with Crippen molar-refractivity contribution in [3.63, 3.8) is 0 Å². The zero-order valence-electron chi connectivity index (χ0n) is 23.0. The number of rotatable bonds is 10. The zero-order chi connectivity index (χ0) is 29.1. The molecule has 3 heterocycles. The average Bonchev–Trinajstić information content (AvgIpc) is 3.64. The van der Waals surface area contributed by atoms with Gasteiger partial charge in [-0.15, -0.1) is 11.3 Å². The molecule has 0 N–H and O–H groups in total. The van der Waals surface area contributed by atoms with Gasteiger partial charge in [-0.2, -0.15) is 0 Å². The van der Waals surface area contributed by atoms with Gasteiger partial charge in [0.2, 0.25) is 5.88 Å². The second kappa shape index (κ2) is 12.1. The van der Waals surface area contributed by atoms with Crippen LogP contribution in [0, 0.1) is 5.82 Å². The first-order valence-corrected chi connectivity index (χ1v) is 14.2. The minimum Gasteiger partial charge on any atom is -0.473 e. The van der Waals surface area contributed by atoms with E-state index in [1.54, 1.807) is 48.8 Å². The number of methoxy groups -OCH3 is 2. The molecule has 0 amide bonds. The maximum atomic E-state index is 15.5. The van der Waals surface area contributed by atoms with Gasteiger partial charge in [0.25, 0.3) is 0 Å². The lowest BCUT2D eigenvalue weighted by molar-refractivity contribution is 0.0601. The number of hydrogen-bond donors (Lipinski definition) is 0. The number of carbonyl (C=O) groups excluding carboxylic acids is 1. The van der Waals surface area contributed by atoms with E-state index in [2.05, 4.69) is 9.97 Å². The number of para-hydroxylation sites is 1. The van der Waals surface area contributed by atoms with Crippen LogP contribution >= 0.6 is 11.3 Å². The summed E-state index contributed by atoms with van der Waals surface area (Å²) >= 11 is 1.59. The fourth-order valence-electron chi connectivity index (χ4n) is 4.87. The number of fused-ring (bicyclic) bond motifs is 2. The first-order chi connectivity index (χ1) is 20.5. The maximum Gasteiger partial charge on any atom is 0.337 e. The molecule has 0 bridgehead atoms.